The van der Waals surface area contributed by atoms with E-state index in [-0.39, 0.29) is 5.91 Å². The zero-order valence-corrected chi connectivity index (χ0v) is 10.7. The number of nitrogens with two attached hydrogens (primary N) is 2. The van der Waals surface area contributed by atoms with Crippen molar-refractivity contribution in [2.24, 2.45) is 12.8 Å². The first kappa shape index (κ1) is 12.4. The molecule has 0 spiro atoms. The first-order valence-corrected chi connectivity index (χ1v) is 6.00. The lowest BCUT2D eigenvalue weighted by molar-refractivity contribution is -0.118. The number of imidazole rings is 1. The van der Waals surface area contributed by atoms with E-state index in [0.29, 0.717) is 25.3 Å². The van der Waals surface area contributed by atoms with Crippen molar-refractivity contribution in [1.82, 2.24) is 19.3 Å². The molecule has 2 heterocycles. The lowest BCUT2D eigenvalue weighted by atomic mass is 10.3. The van der Waals surface area contributed by atoms with Gasteiger partial charge >= 0.3 is 0 Å². The number of nitrogens with zero attached hydrogens (tertiary/aromatic N) is 4. The standard InChI is InChI=1S/C11H18N6O/c1-3-7-9-10(16(2)15-7)17(11(13)14-9)6-4-5-8(12)18/h3-6H2,1-2H3,(H2,12,18)(H2,13,14). The fourth-order valence-corrected chi connectivity index (χ4v) is 2.13. The molecule has 7 heteroatoms. The predicted molar refractivity (Wildman–Crippen MR) is 68.7 cm³/mol. The van der Waals surface area contributed by atoms with Crippen molar-refractivity contribution in [3.8, 4) is 0 Å². The number of carbonyl (C=O) groups is 1. The number of anilines is 1. The van der Waals surface area contributed by atoms with E-state index >= 15 is 0 Å². The maximum Gasteiger partial charge on any atom is 0.217 e. The van der Waals surface area contributed by atoms with E-state index in [1.54, 1.807) is 4.68 Å². The Morgan fingerprint density at radius 1 is 1.44 bits per heavy atom. The van der Waals surface area contributed by atoms with Gasteiger partial charge in [0.05, 0.1) is 5.69 Å². The number of fused-ring (bicyclic) bond motifs is 1. The van der Waals surface area contributed by atoms with Gasteiger partial charge in [-0.15, -0.1) is 0 Å². The molecule has 0 saturated carbocycles. The largest absolute Gasteiger partial charge is 0.370 e. The zero-order chi connectivity index (χ0) is 13.3. The van der Waals surface area contributed by atoms with Crippen LogP contribution in [0.1, 0.15) is 25.5 Å². The van der Waals surface area contributed by atoms with Crippen LogP contribution >= 0.6 is 0 Å². The second-order valence-corrected chi connectivity index (χ2v) is 4.29. The first-order chi connectivity index (χ1) is 8.54. The normalized spacial score (nSPS) is 11.2. The van der Waals surface area contributed by atoms with Crippen LogP contribution in [0.15, 0.2) is 0 Å². The smallest absolute Gasteiger partial charge is 0.217 e. The van der Waals surface area contributed by atoms with Gasteiger partial charge in [0, 0.05) is 20.0 Å². The Kier molecular flexibility index (Phi) is 3.22. The summed E-state index contributed by atoms with van der Waals surface area (Å²) in [7, 11) is 1.87. The van der Waals surface area contributed by atoms with Gasteiger partial charge in [0.15, 0.2) is 5.65 Å². The number of primary amides is 1. The summed E-state index contributed by atoms with van der Waals surface area (Å²) in [6, 6.07) is 0. The molecule has 2 rings (SSSR count). The number of nitrogen functional groups attached to an aromatic ring is 1. The molecule has 0 aliphatic heterocycles. The van der Waals surface area contributed by atoms with Crippen LogP contribution in [0, 0.1) is 0 Å². The molecule has 18 heavy (non-hydrogen) atoms. The Bertz CT molecular complexity index is 582. The van der Waals surface area contributed by atoms with E-state index in [9.17, 15) is 4.79 Å². The molecule has 0 aromatic carbocycles. The third kappa shape index (κ3) is 2.03. The molecule has 0 atom stereocenters. The molecule has 4 N–H and O–H groups in total. The molecule has 0 radical (unpaired) electrons. The topological polar surface area (TPSA) is 105 Å². The summed E-state index contributed by atoms with van der Waals surface area (Å²) < 4.78 is 3.66. The van der Waals surface area contributed by atoms with Crippen LogP contribution in [0.25, 0.3) is 11.2 Å². The van der Waals surface area contributed by atoms with Gasteiger partial charge in [0.2, 0.25) is 11.9 Å². The van der Waals surface area contributed by atoms with Gasteiger partial charge in [-0.25, -0.2) is 4.98 Å². The monoisotopic (exact) mass is 250 g/mol. The van der Waals surface area contributed by atoms with Crippen LogP contribution in [0.2, 0.25) is 0 Å². The highest BCUT2D eigenvalue weighted by molar-refractivity contribution is 5.78. The van der Waals surface area contributed by atoms with Gasteiger partial charge < -0.3 is 11.5 Å². The summed E-state index contributed by atoms with van der Waals surface area (Å²) in [5.74, 6) is 0.154. The van der Waals surface area contributed by atoms with Crippen molar-refractivity contribution in [1.29, 1.82) is 0 Å². The average molecular weight is 250 g/mol. The van der Waals surface area contributed by atoms with Crippen molar-refractivity contribution in [3.05, 3.63) is 5.69 Å². The van der Waals surface area contributed by atoms with Gasteiger partial charge in [0.1, 0.15) is 5.52 Å². The van der Waals surface area contributed by atoms with Crippen LogP contribution in [0.3, 0.4) is 0 Å². The first-order valence-electron chi connectivity index (χ1n) is 6.00. The molecule has 0 aliphatic carbocycles. The third-order valence-corrected chi connectivity index (χ3v) is 2.96. The Morgan fingerprint density at radius 2 is 2.17 bits per heavy atom. The highest BCUT2D eigenvalue weighted by Crippen LogP contribution is 2.21. The number of carbonyl (C=O) groups excluding carboxylic acids is 1. The Labute approximate surface area is 105 Å². The number of amides is 1. The molecular formula is C11H18N6O. The molecule has 0 bridgehead atoms. The minimum Gasteiger partial charge on any atom is -0.370 e. The van der Waals surface area contributed by atoms with Gasteiger partial charge in [-0.3, -0.25) is 14.0 Å². The van der Waals surface area contributed by atoms with Gasteiger partial charge in [0.25, 0.3) is 0 Å². The molecular weight excluding hydrogens is 232 g/mol. The van der Waals surface area contributed by atoms with E-state index in [1.165, 1.54) is 0 Å². The van der Waals surface area contributed by atoms with E-state index < -0.39 is 0 Å². The number of hydrogen-bond acceptors (Lipinski definition) is 4. The summed E-state index contributed by atoms with van der Waals surface area (Å²) in [5, 5.41) is 4.40. The summed E-state index contributed by atoms with van der Waals surface area (Å²) in [4.78, 5) is 15.1. The van der Waals surface area contributed by atoms with Gasteiger partial charge in [-0.05, 0) is 12.8 Å². The van der Waals surface area contributed by atoms with E-state index in [2.05, 4.69) is 10.1 Å². The summed E-state index contributed by atoms with van der Waals surface area (Å²) in [6.07, 6.45) is 1.81. The Morgan fingerprint density at radius 3 is 2.78 bits per heavy atom. The molecule has 0 aliphatic rings. The predicted octanol–water partition coefficient (Wildman–Crippen LogP) is 0.180. The van der Waals surface area contributed by atoms with Crippen molar-refractivity contribution >= 4 is 23.0 Å². The second-order valence-electron chi connectivity index (χ2n) is 4.29. The number of aryl methyl sites for hydroxylation is 3. The van der Waals surface area contributed by atoms with E-state index in [0.717, 1.165) is 23.3 Å². The molecule has 2 aromatic rings. The maximum atomic E-state index is 10.7. The van der Waals surface area contributed by atoms with Crippen molar-refractivity contribution in [3.63, 3.8) is 0 Å². The SMILES string of the molecule is CCc1nn(C)c2c1nc(N)n2CCCC(N)=O. The molecule has 0 saturated heterocycles. The van der Waals surface area contributed by atoms with Gasteiger partial charge in [-0.2, -0.15) is 5.10 Å². The molecule has 98 valence electrons. The van der Waals surface area contributed by atoms with Crippen LogP contribution in [0.4, 0.5) is 5.95 Å². The van der Waals surface area contributed by atoms with Gasteiger partial charge in [-0.1, -0.05) is 6.92 Å². The summed E-state index contributed by atoms with van der Waals surface area (Å²) in [5.41, 5.74) is 13.7. The van der Waals surface area contributed by atoms with E-state index in [1.807, 2.05) is 18.5 Å². The zero-order valence-electron chi connectivity index (χ0n) is 10.7. The summed E-state index contributed by atoms with van der Waals surface area (Å²) >= 11 is 0. The van der Waals surface area contributed by atoms with Crippen LogP contribution in [-0.2, 0) is 24.8 Å². The quantitative estimate of drug-likeness (QED) is 0.789. The third-order valence-electron chi connectivity index (χ3n) is 2.96. The molecule has 7 nitrogen and oxygen atoms in total. The molecule has 1 amide bonds. The lowest BCUT2D eigenvalue weighted by Gasteiger charge is -2.05. The average Bonchev–Trinajstić information content (AvgIpc) is 2.77. The van der Waals surface area contributed by atoms with Crippen LogP contribution < -0.4 is 11.5 Å². The van der Waals surface area contributed by atoms with Crippen LogP contribution in [-0.4, -0.2) is 25.2 Å². The fraction of sp³-hybridized carbons (Fsp3) is 0.545. The van der Waals surface area contributed by atoms with E-state index in [4.69, 9.17) is 11.5 Å². The minimum atomic E-state index is -0.302. The highest BCUT2D eigenvalue weighted by Gasteiger charge is 2.16. The lowest BCUT2D eigenvalue weighted by Crippen LogP contribution is -2.13. The number of hydrogen-bond donors (Lipinski definition) is 2. The van der Waals surface area contributed by atoms with Crippen molar-refractivity contribution in [2.45, 2.75) is 32.7 Å². The summed E-state index contributed by atoms with van der Waals surface area (Å²) in [6.45, 7) is 2.65. The maximum absolute atomic E-state index is 10.7. The second kappa shape index (κ2) is 4.67. The van der Waals surface area contributed by atoms with Crippen molar-refractivity contribution in [2.75, 3.05) is 5.73 Å². The van der Waals surface area contributed by atoms with Crippen LogP contribution in [0.5, 0.6) is 0 Å². The molecule has 0 fully saturated rings. The minimum absolute atomic E-state index is 0.302. The number of rotatable bonds is 5. The molecule has 2 aromatic heterocycles. The van der Waals surface area contributed by atoms with Crippen molar-refractivity contribution < 1.29 is 4.79 Å². The fourth-order valence-electron chi connectivity index (χ4n) is 2.13. The highest BCUT2D eigenvalue weighted by atomic mass is 16.1. The number of aromatic nitrogens is 4. The molecule has 0 unspecified atom stereocenters. The Hall–Kier alpha value is -2.05. The Balaban J connectivity index is 2.34.